The van der Waals surface area contributed by atoms with Crippen LogP contribution in [0.4, 0.5) is 17.6 Å². The molecule has 114 valence electrons. The van der Waals surface area contributed by atoms with Crippen LogP contribution in [0.15, 0.2) is 42.5 Å². The van der Waals surface area contributed by atoms with Gasteiger partial charge < -0.3 is 9.72 Å². The zero-order chi connectivity index (χ0) is 15.9. The van der Waals surface area contributed by atoms with Crippen LogP contribution in [0.2, 0.25) is 5.02 Å². The van der Waals surface area contributed by atoms with Crippen molar-refractivity contribution in [1.29, 1.82) is 0 Å². The molecule has 22 heavy (non-hydrogen) atoms. The molecule has 2 nitrogen and oxygen atoms in total. The highest BCUT2D eigenvalue weighted by Crippen LogP contribution is 2.30. The second kappa shape index (κ2) is 5.21. The van der Waals surface area contributed by atoms with Crippen molar-refractivity contribution in [2.75, 3.05) is 0 Å². The number of aromatic nitrogens is 1. The normalized spacial score (nSPS) is 11.9. The van der Waals surface area contributed by atoms with E-state index in [0.29, 0.717) is 16.6 Å². The predicted octanol–water partition coefficient (Wildman–Crippen LogP) is 5.53. The number of ether oxygens (including phenoxy) is 1. The van der Waals surface area contributed by atoms with Gasteiger partial charge in [-0.25, -0.2) is 4.39 Å². The van der Waals surface area contributed by atoms with Crippen molar-refractivity contribution in [1.82, 2.24) is 4.98 Å². The van der Waals surface area contributed by atoms with E-state index in [4.69, 9.17) is 11.6 Å². The average molecular weight is 330 g/mol. The topological polar surface area (TPSA) is 25.0 Å². The van der Waals surface area contributed by atoms with Crippen molar-refractivity contribution < 1.29 is 22.3 Å². The van der Waals surface area contributed by atoms with Crippen LogP contribution in [0.25, 0.3) is 22.2 Å². The molecule has 1 N–H and O–H groups in total. The lowest BCUT2D eigenvalue weighted by Crippen LogP contribution is -2.16. The summed E-state index contributed by atoms with van der Waals surface area (Å²) in [6, 6.07) is 9.74. The smallest absolute Gasteiger partial charge is 0.406 e. The number of fused-ring (bicyclic) bond motifs is 1. The van der Waals surface area contributed by atoms with Crippen LogP contribution < -0.4 is 4.74 Å². The van der Waals surface area contributed by atoms with E-state index in [1.165, 1.54) is 30.3 Å². The van der Waals surface area contributed by atoms with Gasteiger partial charge in [-0.1, -0.05) is 11.6 Å². The Morgan fingerprint density at radius 2 is 1.68 bits per heavy atom. The van der Waals surface area contributed by atoms with Crippen LogP contribution >= 0.6 is 11.6 Å². The Labute approximate surface area is 127 Å². The molecule has 0 spiro atoms. The van der Waals surface area contributed by atoms with Gasteiger partial charge >= 0.3 is 6.36 Å². The van der Waals surface area contributed by atoms with E-state index in [0.717, 1.165) is 0 Å². The molecule has 7 heteroatoms. The van der Waals surface area contributed by atoms with Gasteiger partial charge in [0.05, 0.1) is 5.52 Å². The number of nitrogens with one attached hydrogen (secondary N) is 1. The second-order valence-electron chi connectivity index (χ2n) is 4.61. The number of rotatable bonds is 2. The SMILES string of the molecule is Fc1cc(Cl)cc2cc(-c3ccc(OC(F)(F)F)cc3)[nH]c12. The molecule has 2 aromatic carbocycles. The van der Waals surface area contributed by atoms with E-state index in [9.17, 15) is 17.6 Å². The standard InChI is InChI=1S/C15H8ClF4NO/c16-10-5-9-6-13(21-14(9)12(17)7-10)8-1-3-11(4-2-8)22-15(18,19)20/h1-7,21H. The van der Waals surface area contributed by atoms with Crippen molar-refractivity contribution in [3.05, 3.63) is 53.3 Å². The van der Waals surface area contributed by atoms with Gasteiger partial charge in [-0.05, 0) is 48.0 Å². The van der Waals surface area contributed by atoms with E-state index in [1.807, 2.05) is 0 Å². The fourth-order valence-corrected chi connectivity index (χ4v) is 2.37. The van der Waals surface area contributed by atoms with E-state index in [-0.39, 0.29) is 16.3 Å². The number of H-pyrrole nitrogens is 1. The molecule has 0 aliphatic heterocycles. The van der Waals surface area contributed by atoms with Crippen molar-refractivity contribution in [3.63, 3.8) is 0 Å². The molecular formula is C15H8ClF4NO. The molecule has 0 aliphatic carbocycles. The van der Waals surface area contributed by atoms with Crippen LogP contribution in [0.5, 0.6) is 5.75 Å². The number of hydrogen-bond donors (Lipinski definition) is 1. The third kappa shape index (κ3) is 3.01. The van der Waals surface area contributed by atoms with Gasteiger partial charge in [-0.2, -0.15) is 0 Å². The van der Waals surface area contributed by atoms with Crippen LogP contribution in [0.1, 0.15) is 0 Å². The van der Waals surface area contributed by atoms with Crippen molar-refractivity contribution in [2.24, 2.45) is 0 Å². The first-order valence-corrected chi connectivity index (χ1v) is 6.53. The van der Waals surface area contributed by atoms with E-state index < -0.39 is 12.2 Å². The number of benzene rings is 2. The van der Waals surface area contributed by atoms with E-state index >= 15 is 0 Å². The predicted molar refractivity (Wildman–Crippen MR) is 75.4 cm³/mol. The molecular weight excluding hydrogens is 322 g/mol. The highest BCUT2D eigenvalue weighted by molar-refractivity contribution is 6.31. The summed E-state index contributed by atoms with van der Waals surface area (Å²) in [4.78, 5) is 2.88. The molecule has 0 radical (unpaired) electrons. The number of hydrogen-bond acceptors (Lipinski definition) is 1. The maximum absolute atomic E-state index is 13.8. The zero-order valence-electron chi connectivity index (χ0n) is 10.8. The minimum absolute atomic E-state index is 0.268. The average Bonchev–Trinajstić information content (AvgIpc) is 2.81. The Hall–Kier alpha value is -2.21. The highest BCUT2D eigenvalue weighted by atomic mass is 35.5. The van der Waals surface area contributed by atoms with Gasteiger partial charge in [-0.3, -0.25) is 0 Å². The lowest BCUT2D eigenvalue weighted by atomic mass is 10.1. The molecule has 1 aromatic heterocycles. The molecule has 0 saturated heterocycles. The lowest BCUT2D eigenvalue weighted by Gasteiger charge is -2.08. The molecule has 3 rings (SSSR count). The number of aromatic amines is 1. The largest absolute Gasteiger partial charge is 0.573 e. The Morgan fingerprint density at radius 1 is 1.00 bits per heavy atom. The minimum atomic E-state index is -4.73. The zero-order valence-corrected chi connectivity index (χ0v) is 11.6. The van der Waals surface area contributed by atoms with E-state index in [1.54, 1.807) is 12.1 Å². The highest BCUT2D eigenvalue weighted by Gasteiger charge is 2.30. The number of halogens is 5. The Kier molecular flexibility index (Phi) is 3.48. The quantitative estimate of drug-likeness (QED) is 0.615. The van der Waals surface area contributed by atoms with Gasteiger partial charge in [0.2, 0.25) is 0 Å². The maximum atomic E-state index is 13.8. The Morgan fingerprint density at radius 3 is 2.32 bits per heavy atom. The fraction of sp³-hybridized carbons (Fsp3) is 0.0667. The van der Waals surface area contributed by atoms with Crippen molar-refractivity contribution in [3.8, 4) is 17.0 Å². The lowest BCUT2D eigenvalue weighted by molar-refractivity contribution is -0.274. The molecule has 0 amide bonds. The first-order chi connectivity index (χ1) is 10.3. The van der Waals surface area contributed by atoms with Crippen molar-refractivity contribution in [2.45, 2.75) is 6.36 Å². The monoisotopic (exact) mass is 329 g/mol. The summed E-state index contributed by atoms with van der Waals surface area (Å²) in [6.45, 7) is 0. The van der Waals surface area contributed by atoms with Gasteiger partial charge in [-0.15, -0.1) is 13.2 Å². The molecule has 0 unspecified atom stereocenters. The molecule has 0 bridgehead atoms. The van der Waals surface area contributed by atoms with Crippen molar-refractivity contribution >= 4 is 22.5 Å². The first kappa shape index (κ1) is 14.7. The summed E-state index contributed by atoms with van der Waals surface area (Å²) in [7, 11) is 0. The number of alkyl halides is 3. The summed E-state index contributed by atoms with van der Waals surface area (Å²) in [6.07, 6.45) is -4.73. The Balaban J connectivity index is 1.96. The van der Waals surface area contributed by atoms with Crippen LogP contribution in [0.3, 0.4) is 0 Å². The molecule has 0 fully saturated rings. The summed E-state index contributed by atoms with van der Waals surface area (Å²) in [5.41, 5.74) is 1.45. The third-order valence-electron chi connectivity index (χ3n) is 3.04. The van der Waals surface area contributed by atoms with Gasteiger partial charge in [0.25, 0.3) is 0 Å². The fourth-order valence-electron chi connectivity index (χ4n) is 2.16. The first-order valence-electron chi connectivity index (χ1n) is 6.16. The van der Waals surface area contributed by atoms with E-state index in [2.05, 4.69) is 9.72 Å². The minimum Gasteiger partial charge on any atom is -0.406 e. The summed E-state index contributed by atoms with van der Waals surface area (Å²) in [5, 5.41) is 0.847. The van der Waals surface area contributed by atoms with Gasteiger partial charge in [0.15, 0.2) is 0 Å². The maximum Gasteiger partial charge on any atom is 0.573 e. The van der Waals surface area contributed by atoms with Crippen LogP contribution in [-0.4, -0.2) is 11.3 Å². The van der Waals surface area contributed by atoms with Crippen LogP contribution in [-0.2, 0) is 0 Å². The second-order valence-corrected chi connectivity index (χ2v) is 5.04. The van der Waals surface area contributed by atoms with Crippen LogP contribution in [0, 0.1) is 5.82 Å². The van der Waals surface area contributed by atoms with Gasteiger partial charge in [0.1, 0.15) is 11.6 Å². The molecule has 0 aliphatic rings. The van der Waals surface area contributed by atoms with Gasteiger partial charge in [0, 0.05) is 16.1 Å². The summed E-state index contributed by atoms with van der Waals surface area (Å²) >= 11 is 5.78. The molecule has 3 aromatic rings. The third-order valence-corrected chi connectivity index (χ3v) is 3.26. The molecule has 0 atom stereocenters. The molecule has 1 heterocycles. The summed E-state index contributed by atoms with van der Waals surface area (Å²) < 4.78 is 53.9. The summed E-state index contributed by atoms with van der Waals surface area (Å²) in [5.74, 6) is -0.813. The Bertz CT molecular complexity index is 824. The molecule has 0 saturated carbocycles.